The van der Waals surface area contributed by atoms with Gasteiger partial charge in [-0.1, -0.05) is 6.92 Å². The molecule has 0 saturated carbocycles. The van der Waals surface area contributed by atoms with E-state index in [2.05, 4.69) is 0 Å². The van der Waals surface area contributed by atoms with Crippen molar-refractivity contribution in [3.05, 3.63) is 28.1 Å². The summed E-state index contributed by atoms with van der Waals surface area (Å²) in [5, 5.41) is 0. The molecule has 0 spiro atoms. The Hall–Kier alpha value is -1.05. The Kier molecular flexibility index (Phi) is 1.79. The molecule has 0 amide bonds. The van der Waals surface area contributed by atoms with Gasteiger partial charge in [-0.2, -0.15) is 0 Å². The number of benzene rings is 1. The van der Waals surface area contributed by atoms with E-state index in [0.29, 0.717) is 0 Å². The molecule has 0 radical (unpaired) electrons. The van der Waals surface area contributed by atoms with Gasteiger partial charge in [0, 0.05) is 5.69 Å². The molecule has 1 nitrogen and oxygen atoms in total. The fourth-order valence-corrected chi connectivity index (χ4v) is 2.07. The summed E-state index contributed by atoms with van der Waals surface area (Å²) in [5.74, 6) is -0.00421. The number of nitrogen functional groups attached to an aromatic ring is 1. The van der Waals surface area contributed by atoms with Gasteiger partial charge in [0.15, 0.2) is 0 Å². The summed E-state index contributed by atoms with van der Waals surface area (Å²) in [5.41, 5.74) is 10.4. The van der Waals surface area contributed by atoms with Gasteiger partial charge in [-0.15, -0.1) is 0 Å². The van der Waals surface area contributed by atoms with Crippen molar-refractivity contribution in [3.8, 4) is 0 Å². The minimum absolute atomic E-state index is 0.00421. The van der Waals surface area contributed by atoms with Crippen LogP contribution in [-0.4, -0.2) is 0 Å². The average molecular weight is 179 g/mol. The zero-order valence-corrected chi connectivity index (χ0v) is 8.08. The molecule has 2 heteroatoms. The van der Waals surface area contributed by atoms with Crippen LogP contribution >= 0.6 is 0 Å². The van der Waals surface area contributed by atoms with E-state index in [1.54, 1.807) is 0 Å². The Labute approximate surface area is 77.8 Å². The lowest BCUT2D eigenvalue weighted by molar-refractivity contribution is 0.573. The normalized spacial score (nSPS) is 13.8. The number of fused-ring (bicyclic) bond motifs is 1. The number of halogens is 1. The zero-order valence-electron chi connectivity index (χ0n) is 8.08. The monoisotopic (exact) mass is 179 g/mol. The van der Waals surface area contributed by atoms with Crippen molar-refractivity contribution in [2.24, 2.45) is 0 Å². The van der Waals surface area contributed by atoms with Crippen LogP contribution in [0, 0.1) is 12.7 Å². The highest BCUT2D eigenvalue weighted by molar-refractivity contribution is 5.63. The van der Waals surface area contributed by atoms with E-state index >= 15 is 0 Å². The highest BCUT2D eigenvalue weighted by Gasteiger charge is 2.24. The van der Waals surface area contributed by atoms with Crippen LogP contribution in [0.5, 0.6) is 0 Å². The summed E-state index contributed by atoms with van der Waals surface area (Å²) < 4.78 is 13.7. The maximum Gasteiger partial charge on any atom is 0.130 e. The van der Waals surface area contributed by atoms with E-state index in [9.17, 15) is 4.39 Å². The molecule has 0 aromatic heterocycles. The fourth-order valence-electron chi connectivity index (χ4n) is 2.07. The number of nitrogens with two attached hydrogens (primary N) is 1. The van der Waals surface area contributed by atoms with Crippen molar-refractivity contribution in [3.63, 3.8) is 0 Å². The van der Waals surface area contributed by atoms with Crippen LogP contribution in [0.25, 0.3) is 0 Å². The third kappa shape index (κ3) is 0.978. The first-order valence-electron chi connectivity index (χ1n) is 4.75. The Bertz CT molecular complexity index is 346. The first-order valence-corrected chi connectivity index (χ1v) is 4.75. The van der Waals surface area contributed by atoms with Crippen LogP contribution in [0.1, 0.15) is 29.2 Å². The minimum atomic E-state index is -0.00421. The molecule has 2 N–H and O–H groups in total. The van der Waals surface area contributed by atoms with Crippen molar-refractivity contribution < 1.29 is 4.39 Å². The second-order valence-electron chi connectivity index (χ2n) is 3.64. The van der Waals surface area contributed by atoms with E-state index in [1.807, 2.05) is 13.8 Å². The molecular formula is C11H14FN. The topological polar surface area (TPSA) is 26.0 Å². The van der Waals surface area contributed by atoms with Crippen LogP contribution < -0.4 is 5.73 Å². The third-order valence-corrected chi connectivity index (χ3v) is 3.05. The summed E-state index contributed by atoms with van der Waals surface area (Å²) in [6, 6.07) is 0. The molecule has 1 aromatic carbocycles. The first kappa shape index (κ1) is 8.54. The minimum Gasteiger partial charge on any atom is -0.398 e. The van der Waals surface area contributed by atoms with E-state index in [0.717, 1.165) is 47.2 Å². The van der Waals surface area contributed by atoms with Gasteiger partial charge >= 0.3 is 0 Å². The van der Waals surface area contributed by atoms with Gasteiger partial charge in [-0.05, 0) is 48.4 Å². The van der Waals surface area contributed by atoms with Crippen LogP contribution in [0.2, 0.25) is 0 Å². The highest BCUT2D eigenvalue weighted by atomic mass is 19.1. The lowest BCUT2D eigenvalue weighted by Crippen LogP contribution is -2.18. The molecule has 0 fully saturated rings. The number of hydrogen-bond donors (Lipinski definition) is 1. The van der Waals surface area contributed by atoms with Gasteiger partial charge in [0.2, 0.25) is 0 Å². The van der Waals surface area contributed by atoms with Crippen LogP contribution in [0.15, 0.2) is 0 Å². The zero-order chi connectivity index (χ0) is 9.59. The van der Waals surface area contributed by atoms with Crippen molar-refractivity contribution >= 4 is 5.69 Å². The number of hydrogen-bond acceptors (Lipinski definition) is 1. The third-order valence-electron chi connectivity index (χ3n) is 3.05. The molecule has 1 aliphatic rings. The van der Waals surface area contributed by atoms with Crippen molar-refractivity contribution in [1.82, 2.24) is 0 Å². The fraction of sp³-hybridized carbons (Fsp3) is 0.455. The Morgan fingerprint density at radius 2 is 1.92 bits per heavy atom. The molecule has 0 heterocycles. The van der Waals surface area contributed by atoms with Gasteiger partial charge in [-0.25, -0.2) is 4.39 Å². The summed E-state index contributed by atoms with van der Waals surface area (Å²) in [4.78, 5) is 0. The molecule has 70 valence electrons. The Balaban J connectivity index is 2.72. The molecule has 13 heavy (non-hydrogen) atoms. The van der Waals surface area contributed by atoms with Crippen LogP contribution in [-0.2, 0) is 19.3 Å². The molecule has 0 aliphatic heterocycles. The summed E-state index contributed by atoms with van der Waals surface area (Å²) in [7, 11) is 0. The van der Waals surface area contributed by atoms with Crippen LogP contribution in [0.3, 0.4) is 0 Å². The van der Waals surface area contributed by atoms with E-state index in [1.165, 1.54) is 0 Å². The molecular weight excluding hydrogens is 165 g/mol. The number of rotatable bonds is 1. The van der Waals surface area contributed by atoms with Gasteiger partial charge < -0.3 is 5.73 Å². The van der Waals surface area contributed by atoms with Crippen LogP contribution in [0.4, 0.5) is 10.1 Å². The summed E-state index contributed by atoms with van der Waals surface area (Å²) in [6.07, 6.45) is 2.54. The second kappa shape index (κ2) is 2.72. The average Bonchev–Trinajstić information content (AvgIpc) is 2.01. The maximum atomic E-state index is 13.7. The summed E-state index contributed by atoms with van der Waals surface area (Å²) in [6.45, 7) is 3.88. The second-order valence-corrected chi connectivity index (χ2v) is 3.64. The predicted octanol–water partition coefficient (Wildman–Crippen LogP) is 2.38. The van der Waals surface area contributed by atoms with Crippen molar-refractivity contribution in [2.75, 3.05) is 5.73 Å². The van der Waals surface area contributed by atoms with Gasteiger partial charge in [0.05, 0.1) is 0 Å². The van der Waals surface area contributed by atoms with Crippen molar-refractivity contribution in [2.45, 2.75) is 33.1 Å². The molecule has 2 rings (SSSR count). The van der Waals surface area contributed by atoms with Gasteiger partial charge in [0.25, 0.3) is 0 Å². The molecule has 0 atom stereocenters. The Morgan fingerprint density at radius 1 is 1.31 bits per heavy atom. The summed E-state index contributed by atoms with van der Waals surface area (Å²) >= 11 is 0. The quantitative estimate of drug-likeness (QED) is 0.658. The Morgan fingerprint density at radius 3 is 2.38 bits per heavy atom. The largest absolute Gasteiger partial charge is 0.398 e. The first-order chi connectivity index (χ1) is 6.16. The highest BCUT2D eigenvalue weighted by Crippen LogP contribution is 2.36. The molecule has 1 aliphatic carbocycles. The van der Waals surface area contributed by atoms with E-state index in [4.69, 9.17) is 5.73 Å². The smallest absolute Gasteiger partial charge is 0.130 e. The lowest BCUT2D eigenvalue weighted by atomic mass is 9.82. The lowest BCUT2D eigenvalue weighted by Gasteiger charge is -2.25. The van der Waals surface area contributed by atoms with Gasteiger partial charge in [-0.3, -0.25) is 0 Å². The number of anilines is 1. The molecule has 1 aromatic rings. The SMILES string of the molecule is CCc1c(C)c(N)c2c(c1F)CC2. The molecule has 0 bridgehead atoms. The van der Waals surface area contributed by atoms with E-state index < -0.39 is 0 Å². The molecule has 0 unspecified atom stereocenters. The van der Waals surface area contributed by atoms with Gasteiger partial charge in [0.1, 0.15) is 5.82 Å². The standard InChI is InChI=1S/C11H14FN/c1-3-7-6(2)11(13)9-5-4-8(9)10(7)12/h3-5,13H2,1-2H3. The molecule has 0 saturated heterocycles. The predicted molar refractivity (Wildman–Crippen MR) is 52.3 cm³/mol. The maximum absolute atomic E-state index is 13.7. The van der Waals surface area contributed by atoms with E-state index in [-0.39, 0.29) is 5.82 Å². The van der Waals surface area contributed by atoms with Crippen molar-refractivity contribution in [1.29, 1.82) is 0 Å².